The van der Waals surface area contributed by atoms with Gasteiger partial charge >= 0.3 is 0 Å². The molecule has 8 heteroatoms. The summed E-state index contributed by atoms with van der Waals surface area (Å²) >= 11 is 1.70. The molecule has 1 fully saturated rings. The van der Waals surface area contributed by atoms with Crippen molar-refractivity contribution < 1.29 is 4.74 Å². The predicted molar refractivity (Wildman–Crippen MR) is 84.1 cm³/mol. The lowest BCUT2D eigenvalue weighted by Crippen LogP contribution is -2.39. The highest BCUT2D eigenvalue weighted by Crippen LogP contribution is 2.32. The second-order valence-corrected chi connectivity index (χ2v) is 6.61. The van der Waals surface area contributed by atoms with Gasteiger partial charge in [-0.15, -0.1) is 21.5 Å². The Labute approximate surface area is 131 Å². The van der Waals surface area contributed by atoms with E-state index in [-0.39, 0.29) is 6.10 Å². The zero-order valence-corrected chi connectivity index (χ0v) is 13.2. The van der Waals surface area contributed by atoms with E-state index in [1.54, 1.807) is 24.0 Å². The molecule has 114 valence electrons. The van der Waals surface area contributed by atoms with Gasteiger partial charge in [0.25, 0.3) is 0 Å². The third-order valence-electron chi connectivity index (χ3n) is 3.83. The highest BCUT2D eigenvalue weighted by Gasteiger charge is 2.27. The van der Waals surface area contributed by atoms with Crippen molar-refractivity contribution in [1.29, 1.82) is 0 Å². The van der Waals surface area contributed by atoms with Crippen molar-refractivity contribution in [2.45, 2.75) is 13.0 Å². The smallest absolute Gasteiger partial charge is 0.163 e. The van der Waals surface area contributed by atoms with Crippen LogP contribution in [0.3, 0.4) is 0 Å². The average Bonchev–Trinajstić information content (AvgIpc) is 3.11. The molecule has 1 aliphatic heterocycles. The molecule has 0 radical (unpaired) electrons. The molecule has 4 heterocycles. The number of nitrogens with zero attached hydrogens (tertiary/aromatic N) is 6. The number of aryl methyl sites for hydroxylation is 2. The first kappa shape index (κ1) is 13.6. The fourth-order valence-corrected chi connectivity index (χ4v) is 3.64. The van der Waals surface area contributed by atoms with Gasteiger partial charge < -0.3 is 14.2 Å². The zero-order chi connectivity index (χ0) is 15.1. The van der Waals surface area contributed by atoms with Crippen LogP contribution in [0.15, 0.2) is 18.7 Å². The summed E-state index contributed by atoms with van der Waals surface area (Å²) in [6.07, 6.45) is 3.24. The Morgan fingerprint density at radius 2 is 2.27 bits per heavy atom. The van der Waals surface area contributed by atoms with Crippen LogP contribution in [0.2, 0.25) is 0 Å². The minimum atomic E-state index is -0.0917. The maximum Gasteiger partial charge on any atom is 0.163 e. The minimum Gasteiger partial charge on any atom is -0.366 e. The van der Waals surface area contributed by atoms with Crippen molar-refractivity contribution in [2.75, 3.05) is 24.6 Å². The molecule has 0 saturated carbocycles. The summed E-state index contributed by atoms with van der Waals surface area (Å²) < 4.78 is 7.77. The molecule has 0 aromatic carbocycles. The number of morpholine rings is 1. The monoisotopic (exact) mass is 316 g/mol. The van der Waals surface area contributed by atoms with Crippen LogP contribution < -0.4 is 4.90 Å². The van der Waals surface area contributed by atoms with Crippen molar-refractivity contribution >= 4 is 27.4 Å². The van der Waals surface area contributed by atoms with Crippen LogP contribution in [0.1, 0.15) is 16.8 Å². The molecule has 0 unspecified atom stereocenters. The van der Waals surface area contributed by atoms with Gasteiger partial charge in [-0.25, -0.2) is 9.97 Å². The molecule has 0 aliphatic carbocycles. The fourth-order valence-electron chi connectivity index (χ4n) is 2.80. The number of fused-ring (bicyclic) bond motifs is 1. The SMILES string of the molecule is Cc1cc2c(N3CCO[C@H](c4nncn4C)C3)ncnc2s1. The molecule has 22 heavy (non-hydrogen) atoms. The topological polar surface area (TPSA) is 69.0 Å². The van der Waals surface area contributed by atoms with Gasteiger partial charge in [-0.1, -0.05) is 0 Å². The highest BCUT2D eigenvalue weighted by atomic mass is 32.1. The molecule has 0 spiro atoms. The first-order valence-corrected chi connectivity index (χ1v) is 7.95. The maximum absolute atomic E-state index is 5.87. The molecule has 7 nitrogen and oxygen atoms in total. The summed E-state index contributed by atoms with van der Waals surface area (Å²) in [5, 5.41) is 9.22. The molecule has 3 aromatic heterocycles. The lowest BCUT2D eigenvalue weighted by Gasteiger charge is -2.33. The van der Waals surface area contributed by atoms with Gasteiger partial charge in [0.2, 0.25) is 0 Å². The zero-order valence-electron chi connectivity index (χ0n) is 12.4. The van der Waals surface area contributed by atoms with Gasteiger partial charge in [-0.2, -0.15) is 0 Å². The molecule has 3 aromatic rings. The Balaban J connectivity index is 1.68. The van der Waals surface area contributed by atoms with Gasteiger partial charge in [-0.05, 0) is 13.0 Å². The Bertz CT molecular complexity index is 813. The second-order valence-electron chi connectivity index (χ2n) is 5.38. The Morgan fingerprint density at radius 1 is 1.36 bits per heavy atom. The quantitative estimate of drug-likeness (QED) is 0.717. The molecule has 1 atom stereocenters. The van der Waals surface area contributed by atoms with Gasteiger partial charge in [0.1, 0.15) is 29.4 Å². The largest absolute Gasteiger partial charge is 0.366 e. The number of hydrogen-bond donors (Lipinski definition) is 0. The van der Waals surface area contributed by atoms with E-state index in [9.17, 15) is 0 Å². The molecule has 1 saturated heterocycles. The van der Waals surface area contributed by atoms with Crippen LogP contribution in [-0.4, -0.2) is 44.4 Å². The average molecular weight is 316 g/mol. The first-order chi connectivity index (χ1) is 10.7. The van der Waals surface area contributed by atoms with E-state index < -0.39 is 0 Å². The molecular formula is C14H16N6OS. The Hall–Kier alpha value is -2.06. The summed E-state index contributed by atoms with van der Waals surface area (Å²) in [7, 11) is 1.93. The summed E-state index contributed by atoms with van der Waals surface area (Å²) in [5.74, 6) is 1.82. The number of thiophene rings is 1. The predicted octanol–water partition coefficient (Wildman–Crippen LogP) is 1.71. The molecule has 0 amide bonds. The lowest BCUT2D eigenvalue weighted by molar-refractivity contribution is 0.0319. The van der Waals surface area contributed by atoms with Crippen LogP contribution in [0.5, 0.6) is 0 Å². The van der Waals surface area contributed by atoms with E-state index in [2.05, 4.69) is 38.1 Å². The van der Waals surface area contributed by atoms with Crippen molar-refractivity contribution in [2.24, 2.45) is 7.05 Å². The summed E-state index contributed by atoms with van der Waals surface area (Å²) in [6, 6.07) is 2.15. The molecule has 0 N–H and O–H groups in total. The van der Waals surface area contributed by atoms with E-state index in [1.165, 1.54) is 4.88 Å². The van der Waals surface area contributed by atoms with Crippen LogP contribution in [0.25, 0.3) is 10.2 Å². The van der Waals surface area contributed by atoms with Crippen molar-refractivity contribution in [3.05, 3.63) is 29.4 Å². The minimum absolute atomic E-state index is 0.0917. The fraction of sp³-hybridized carbons (Fsp3) is 0.429. The third-order valence-corrected chi connectivity index (χ3v) is 4.79. The van der Waals surface area contributed by atoms with E-state index >= 15 is 0 Å². The van der Waals surface area contributed by atoms with Gasteiger partial charge in [0.05, 0.1) is 18.5 Å². The van der Waals surface area contributed by atoms with Gasteiger partial charge in [-0.3, -0.25) is 0 Å². The third kappa shape index (κ3) is 2.24. The van der Waals surface area contributed by atoms with Crippen molar-refractivity contribution in [3.8, 4) is 0 Å². The number of ether oxygens (including phenoxy) is 1. The van der Waals surface area contributed by atoms with Crippen LogP contribution in [0, 0.1) is 6.92 Å². The van der Waals surface area contributed by atoms with Crippen LogP contribution >= 0.6 is 11.3 Å². The standard InChI is InChI=1S/C14H16N6OS/c1-9-5-10-12(15-7-16-14(10)22-9)20-3-4-21-11(6-20)13-18-17-8-19(13)2/h5,7-8,11H,3-4,6H2,1-2H3/t11-/m0/s1. The van der Waals surface area contributed by atoms with Crippen molar-refractivity contribution in [1.82, 2.24) is 24.7 Å². The van der Waals surface area contributed by atoms with Crippen LogP contribution in [-0.2, 0) is 11.8 Å². The number of rotatable bonds is 2. The van der Waals surface area contributed by atoms with Gasteiger partial charge in [0.15, 0.2) is 5.82 Å². The van der Waals surface area contributed by atoms with E-state index in [4.69, 9.17) is 4.74 Å². The number of hydrogen-bond acceptors (Lipinski definition) is 7. The lowest BCUT2D eigenvalue weighted by atomic mass is 10.2. The van der Waals surface area contributed by atoms with E-state index in [0.717, 1.165) is 28.4 Å². The molecular weight excluding hydrogens is 300 g/mol. The highest BCUT2D eigenvalue weighted by molar-refractivity contribution is 7.18. The summed E-state index contributed by atoms with van der Waals surface area (Å²) in [4.78, 5) is 13.4. The summed E-state index contributed by atoms with van der Waals surface area (Å²) in [6.45, 7) is 4.27. The number of anilines is 1. The number of aromatic nitrogens is 5. The van der Waals surface area contributed by atoms with E-state index in [0.29, 0.717) is 13.2 Å². The Kier molecular flexibility index (Phi) is 3.27. The van der Waals surface area contributed by atoms with E-state index in [1.807, 2.05) is 11.6 Å². The molecule has 0 bridgehead atoms. The Morgan fingerprint density at radius 3 is 3.09 bits per heavy atom. The van der Waals surface area contributed by atoms with Gasteiger partial charge in [0, 0.05) is 18.5 Å². The summed E-state index contributed by atoms with van der Waals surface area (Å²) in [5.41, 5.74) is 0. The van der Waals surface area contributed by atoms with Crippen molar-refractivity contribution in [3.63, 3.8) is 0 Å². The molecule has 4 rings (SSSR count). The maximum atomic E-state index is 5.87. The van der Waals surface area contributed by atoms with Crippen LogP contribution in [0.4, 0.5) is 5.82 Å². The first-order valence-electron chi connectivity index (χ1n) is 7.14. The second kappa shape index (κ2) is 5.29. The normalized spacial score (nSPS) is 19.0. The molecule has 1 aliphatic rings.